The number of benzene rings is 1. The summed E-state index contributed by atoms with van der Waals surface area (Å²) < 4.78 is 27.1. The fraction of sp³-hybridized carbons (Fsp3) is 0.429. The van der Waals surface area contributed by atoms with E-state index in [1.165, 1.54) is 0 Å². The van der Waals surface area contributed by atoms with Crippen LogP contribution >= 0.6 is 0 Å². The van der Waals surface area contributed by atoms with Gasteiger partial charge in [0.05, 0.1) is 19.4 Å². The first-order chi connectivity index (χ1) is 8.92. The van der Waals surface area contributed by atoms with Crippen molar-refractivity contribution >= 4 is 10.1 Å². The van der Waals surface area contributed by atoms with Gasteiger partial charge in [0.15, 0.2) is 0 Å². The number of nitrogens with zero attached hydrogens (tertiary/aromatic N) is 1. The quantitative estimate of drug-likeness (QED) is 0.555. The van der Waals surface area contributed by atoms with Crippen molar-refractivity contribution in [3.05, 3.63) is 35.9 Å². The number of rotatable bonds is 7. The molecule has 1 unspecified atom stereocenters. The minimum atomic E-state index is -3.44. The Bertz CT molecular complexity index is 519. The average molecular weight is 281 g/mol. The summed E-state index contributed by atoms with van der Waals surface area (Å²) in [7, 11) is -1.58. The highest BCUT2D eigenvalue weighted by molar-refractivity contribution is 7.85. The van der Waals surface area contributed by atoms with Crippen LogP contribution in [0.4, 0.5) is 0 Å². The van der Waals surface area contributed by atoms with Gasteiger partial charge in [-0.2, -0.15) is 8.42 Å². The summed E-state index contributed by atoms with van der Waals surface area (Å²) in [6.07, 6.45) is 7.03. The molecule has 1 aromatic rings. The van der Waals surface area contributed by atoms with Crippen molar-refractivity contribution in [1.29, 1.82) is 0 Å². The molecule has 1 atom stereocenters. The number of terminal acetylenes is 1. The van der Waals surface area contributed by atoms with Crippen LogP contribution in [-0.4, -0.2) is 45.8 Å². The lowest BCUT2D eigenvalue weighted by atomic mass is 10.1. The van der Waals surface area contributed by atoms with Gasteiger partial charge in [-0.25, -0.2) is 0 Å². The third-order valence-electron chi connectivity index (χ3n) is 2.75. The van der Waals surface area contributed by atoms with Crippen LogP contribution in [0.5, 0.6) is 0 Å². The molecule has 0 spiro atoms. The van der Waals surface area contributed by atoms with Gasteiger partial charge in [-0.15, -0.1) is 6.42 Å². The van der Waals surface area contributed by atoms with Crippen molar-refractivity contribution in [2.45, 2.75) is 12.5 Å². The molecule has 0 radical (unpaired) electrons. The third-order valence-corrected chi connectivity index (χ3v) is 3.32. The summed E-state index contributed by atoms with van der Waals surface area (Å²) in [5.74, 6) is 2.55. The molecule has 0 aliphatic heterocycles. The van der Waals surface area contributed by atoms with Gasteiger partial charge in [0, 0.05) is 6.04 Å². The Balaban J connectivity index is 2.72. The minimum Gasteiger partial charge on any atom is -0.290 e. The fourth-order valence-electron chi connectivity index (χ4n) is 1.70. The molecule has 1 rings (SSSR count). The van der Waals surface area contributed by atoms with Crippen LogP contribution in [0.3, 0.4) is 0 Å². The molecule has 19 heavy (non-hydrogen) atoms. The van der Waals surface area contributed by atoms with Crippen LogP contribution in [0, 0.1) is 12.3 Å². The summed E-state index contributed by atoms with van der Waals surface area (Å²) >= 11 is 0. The Labute approximate surface area is 115 Å². The standard InChI is InChI=1S/C14H19NO3S/c1-4-10-15(2)14(12-18-19(3,16)17)11-13-8-6-5-7-9-13/h1,5-9,14H,10-12H2,2-3H3. The van der Waals surface area contributed by atoms with Gasteiger partial charge in [-0.05, 0) is 19.0 Å². The first kappa shape index (κ1) is 15.7. The lowest BCUT2D eigenvalue weighted by Crippen LogP contribution is -2.38. The Hall–Kier alpha value is -1.35. The molecule has 4 nitrogen and oxygen atoms in total. The molecule has 0 N–H and O–H groups in total. The van der Waals surface area contributed by atoms with Crippen molar-refractivity contribution in [3.63, 3.8) is 0 Å². The monoisotopic (exact) mass is 281 g/mol. The SMILES string of the molecule is C#CCN(C)C(COS(C)(=O)=O)Cc1ccccc1. The van der Waals surface area contributed by atoms with Crippen molar-refractivity contribution in [1.82, 2.24) is 4.90 Å². The van der Waals surface area contributed by atoms with Crippen molar-refractivity contribution in [3.8, 4) is 12.3 Å². The molecule has 0 amide bonds. The van der Waals surface area contributed by atoms with E-state index in [1.54, 1.807) is 0 Å². The molecule has 0 bridgehead atoms. The van der Waals surface area contributed by atoms with Crippen molar-refractivity contribution in [2.75, 3.05) is 26.5 Å². The van der Waals surface area contributed by atoms with E-state index in [2.05, 4.69) is 5.92 Å². The van der Waals surface area contributed by atoms with E-state index in [0.29, 0.717) is 13.0 Å². The molecule has 0 saturated heterocycles. The average Bonchev–Trinajstić information content (AvgIpc) is 2.35. The smallest absolute Gasteiger partial charge is 0.264 e. The zero-order chi connectivity index (χ0) is 14.3. The second kappa shape index (κ2) is 7.29. The first-order valence-electron chi connectivity index (χ1n) is 5.94. The molecule has 0 aromatic heterocycles. The molecule has 0 saturated carbocycles. The van der Waals surface area contributed by atoms with Crippen LogP contribution in [0.1, 0.15) is 5.56 Å². The van der Waals surface area contributed by atoms with E-state index in [0.717, 1.165) is 11.8 Å². The summed E-state index contributed by atoms with van der Waals surface area (Å²) in [6, 6.07) is 9.76. The molecule has 0 aliphatic carbocycles. The molecule has 104 valence electrons. The minimum absolute atomic E-state index is 0.0758. The van der Waals surface area contributed by atoms with Gasteiger partial charge < -0.3 is 0 Å². The van der Waals surface area contributed by atoms with Gasteiger partial charge in [-0.3, -0.25) is 9.08 Å². The molecule has 0 heterocycles. The lowest BCUT2D eigenvalue weighted by molar-refractivity contribution is 0.178. The lowest BCUT2D eigenvalue weighted by Gasteiger charge is -2.25. The van der Waals surface area contributed by atoms with Crippen LogP contribution < -0.4 is 0 Å². The maximum Gasteiger partial charge on any atom is 0.264 e. The van der Waals surface area contributed by atoms with Gasteiger partial charge in [0.2, 0.25) is 0 Å². The second-order valence-electron chi connectivity index (χ2n) is 4.45. The van der Waals surface area contributed by atoms with Gasteiger partial charge in [-0.1, -0.05) is 36.3 Å². The Morgan fingerprint density at radius 2 is 2.00 bits per heavy atom. The maximum atomic E-state index is 11.1. The highest BCUT2D eigenvalue weighted by Gasteiger charge is 2.17. The van der Waals surface area contributed by atoms with Crippen LogP contribution in [0.25, 0.3) is 0 Å². The van der Waals surface area contributed by atoms with Crippen LogP contribution in [0.2, 0.25) is 0 Å². The van der Waals surface area contributed by atoms with E-state index in [-0.39, 0.29) is 12.6 Å². The zero-order valence-corrected chi connectivity index (χ0v) is 12.1. The predicted molar refractivity (Wildman–Crippen MR) is 76.2 cm³/mol. The molecule has 5 heteroatoms. The first-order valence-corrected chi connectivity index (χ1v) is 7.76. The van der Waals surface area contributed by atoms with E-state index in [9.17, 15) is 8.42 Å². The molecule has 0 fully saturated rings. The molecule has 1 aromatic carbocycles. The highest BCUT2D eigenvalue weighted by Crippen LogP contribution is 2.09. The number of hydrogen-bond donors (Lipinski definition) is 0. The van der Waals surface area contributed by atoms with Crippen LogP contribution in [-0.2, 0) is 20.7 Å². The summed E-state index contributed by atoms with van der Waals surface area (Å²) in [6.45, 7) is 0.552. The van der Waals surface area contributed by atoms with E-state index in [1.807, 2.05) is 42.3 Å². The van der Waals surface area contributed by atoms with Gasteiger partial charge in [0.25, 0.3) is 10.1 Å². The largest absolute Gasteiger partial charge is 0.290 e. The summed E-state index contributed by atoms with van der Waals surface area (Å²) in [5, 5.41) is 0. The maximum absolute atomic E-state index is 11.1. The fourth-order valence-corrected chi connectivity index (χ4v) is 2.11. The zero-order valence-electron chi connectivity index (χ0n) is 11.2. The molecular formula is C14H19NO3S. The Kier molecular flexibility index (Phi) is 6.03. The summed E-state index contributed by atoms with van der Waals surface area (Å²) in [5.41, 5.74) is 1.12. The van der Waals surface area contributed by atoms with Crippen LogP contribution in [0.15, 0.2) is 30.3 Å². The predicted octanol–water partition coefficient (Wildman–Crippen LogP) is 1.14. The van der Waals surface area contributed by atoms with E-state index >= 15 is 0 Å². The van der Waals surface area contributed by atoms with E-state index in [4.69, 9.17) is 10.6 Å². The third kappa shape index (κ3) is 6.39. The van der Waals surface area contributed by atoms with Crippen molar-refractivity contribution in [2.24, 2.45) is 0 Å². The van der Waals surface area contributed by atoms with Gasteiger partial charge in [0.1, 0.15) is 0 Å². The van der Waals surface area contributed by atoms with Crippen molar-refractivity contribution < 1.29 is 12.6 Å². The topological polar surface area (TPSA) is 46.6 Å². The number of hydrogen-bond acceptors (Lipinski definition) is 4. The Morgan fingerprint density at radius 1 is 1.37 bits per heavy atom. The second-order valence-corrected chi connectivity index (χ2v) is 6.10. The summed E-state index contributed by atoms with van der Waals surface area (Å²) in [4.78, 5) is 1.91. The highest BCUT2D eigenvalue weighted by atomic mass is 32.2. The molecular weight excluding hydrogens is 262 g/mol. The Morgan fingerprint density at radius 3 is 2.53 bits per heavy atom. The normalized spacial score (nSPS) is 13.2. The van der Waals surface area contributed by atoms with Gasteiger partial charge >= 0.3 is 0 Å². The number of likely N-dealkylation sites (N-methyl/N-ethyl adjacent to an activating group) is 1. The van der Waals surface area contributed by atoms with E-state index < -0.39 is 10.1 Å². The molecule has 0 aliphatic rings.